The minimum atomic E-state index is 0.0612. The van der Waals surface area contributed by atoms with Crippen LogP contribution in [0.4, 0.5) is 0 Å². The lowest BCUT2D eigenvalue weighted by Crippen LogP contribution is -2.61. The Labute approximate surface area is 175 Å². The van der Waals surface area contributed by atoms with Gasteiger partial charge in [0.05, 0.1) is 0 Å². The Morgan fingerprint density at radius 1 is 1.03 bits per heavy atom. The van der Waals surface area contributed by atoms with Crippen molar-refractivity contribution >= 4 is 11.8 Å². The first-order chi connectivity index (χ1) is 13.9. The van der Waals surface area contributed by atoms with Crippen LogP contribution in [0.5, 0.6) is 0 Å². The van der Waals surface area contributed by atoms with E-state index in [1.807, 2.05) is 0 Å². The molecule has 6 atom stereocenters. The molecule has 4 heteroatoms. The third-order valence-electron chi connectivity index (χ3n) is 9.80. The molecule has 2 saturated heterocycles. The van der Waals surface area contributed by atoms with E-state index in [1.54, 1.807) is 0 Å². The molecule has 160 valence electrons. The molecule has 2 saturated carbocycles. The maximum Gasteiger partial charge on any atom is 0.250 e. The molecule has 1 N–H and O–H groups in total. The highest BCUT2D eigenvalue weighted by Gasteiger charge is 2.59. The number of rotatable bonds is 1. The van der Waals surface area contributed by atoms with Gasteiger partial charge in [-0.2, -0.15) is 0 Å². The summed E-state index contributed by atoms with van der Waals surface area (Å²) in [6.45, 7) is 6.74. The lowest BCUT2D eigenvalue weighted by Gasteiger charge is -2.60. The summed E-state index contributed by atoms with van der Waals surface area (Å²) in [5.41, 5.74) is 1.45. The van der Waals surface area contributed by atoms with Crippen molar-refractivity contribution in [2.75, 3.05) is 13.1 Å². The highest BCUT2D eigenvalue weighted by Crippen LogP contribution is 2.64. The van der Waals surface area contributed by atoms with E-state index in [0.717, 1.165) is 57.2 Å². The smallest absolute Gasteiger partial charge is 0.250 e. The number of hydrogen-bond donors (Lipinski definition) is 1. The molecule has 2 aliphatic heterocycles. The standard InChI is InChI=1S/C25H38N2O2/c1-24-13-11-19-17(7-10-21-25(19,2)14-12-22(28)26-21)18(24)8-9-20(24)23(29)27-15-5-3-4-6-16-27/h9,17-19,21H,3-8,10-16H2,1-2H3,(H,26,28)/t17-,18-,19-,21+,24-,25+/m0/s1. The molecule has 4 nitrogen and oxygen atoms in total. The van der Waals surface area contributed by atoms with Crippen LogP contribution < -0.4 is 5.32 Å². The van der Waals surface area contributed by atoms with E-state index in [4.69, 9.17) is 0 Å². The maximum atomic E-state index is 13.5. The van der Waals surface area contributed by atoms with Crippen molar-refractivity contribution in [1.29, 1.82) is 0 Å². The maximum absolute atomic E-state index is 13.5. The SMILES string of the molecule is C[C@]12CCC(=O)N[C@@H]1CC[C@@H]1[C@@H]2CC[C@]2(C)C(C(=O)N3CCCCCC3)=CC[C@@H]12. The summed E-state index contributed by atoms with van der Waals surface area (Å²) in [6.07, 6.45) is 14.7. The molecule has 29 heavy (non-hydrogen) atoms. The van der Waals surface area contributed by atoms with Crippen molar-refractivity contribution in [3.8, 4) is 0 Å². The summed E-state index contributed by atoms with van der Waals surface area (Å²) in [5, 5.41) is 3.32. The number of carbonyl (C=O) groups is 2. The summed E-state index contributed by atoms with van der Waals surface area (Å²) >= 11 is 0. The van der Waals surface area contributed by atoms with E-state index >= 15 is 0 Å². The fraction of sp³-hybridized carbons (Fsp3) is 0.840. The second-order valence-corrected chi connectivity index (χ2v) is 11.1. The molecule has 0 spiro atoms. The molecule has 0 unspecified atom stereocenters. The number of likely N-dealkylation sites (tertiary alicyclic amines) is 1. The number of allylic oxidation sites excluding steroid dienone is 1. The van der Waals surface area contributed by atoms with E-state index in [0.29, 0.717) is 36.1 Å². The van der Waals surface area contributed by atoms with Gasteiger partial charge in [0.1, 0.15) is 0 Å². The number of carbonyl (C=O) groups excluding carboxylic acids is 2. The summed E-state index contributed by atoms with van der Waals surface area (Å²) in [7, 11) is 0. The average molecular weight is 399 g/mol. The molecular weight excluding hydrogens is 360 g/mol. The number of piperidine rings is 1. The van der Waals surface area contributed by atoms with Gasteiger partial charge in [0.15, 0.2) is 0 Å². The van der Waals surface area contributed by atoms with Gasteiger partial charge in [-0.15, -0.1) is 0 Å². The van der Waals surface area contributed by atoms with E-state index in [1.165, 1.54) is 25.7 Å². The quantitative estimate of drug-likeness (QED) is 0.709. The van der Waals surface area contributed by atoms with Gasteiger partial charge in [0.25, 0.3) is 0 Å². The van der Waals surface area contributed by atoms with Crippen molar-refractivity contribution in [3.05, 3.63) is 11.6 Å². The molecular formula is C25H38N2O2. The molecule has 4 fully saturated rings. The van der Waals surface area contributed by atoms with Crippen LogP contribution in [0.2, 0.25) is 0 Å². The predicted molar refractivity (Wildman–Crippen MR) is 114 cm³/mol. The number of nitrogens with zero attached hydrogens (tertiary/aromatic N) is 1. The van der Waals surface area contributed by atoms with Gasteiger partial charge >= 0.3 is 0 Å². The Hall–Kier alpha value is -1.32. The zero-order chi connectivity index (χ0) is 20.2. The second kappa shape index (κ2) is 7.13. The van der Waals surface area contributed by atoms with Crippen LogP contribution in [-0.4, -0.2) is 35.8 Å². The molecule has 0 aromatic heterocycles. The first-order valence-electron chi connectivity index (χ1n) is 12.2. The largest absolute Gasteiger partial charge is 0.353 e. The van der Waals surface area contributed by atoms with Crippen LogP contribution in [-0.2, 0) is 9.59 Å². The number of fused-ring (bicyclic) bond motifs is 5. The fourth-order valence-corrected chi connectivity index (χ4v) is 8.05. The molecule has 0 aromatic carbocycles. The molecule has 5 rings (SSSR count). The fourth-order valence-electron chi connectivity index (χ4n) is 8.05. The zero-order valence-electron chi connectivity index (χ0n) is 18.3. The van der Waals surface area contributed by atoms with Gasteiger partial charge < -0.3 is 10.2 Å². The Kier molecular flexibility index (Phi) is 4.83. The summed E-state index contributed by atoms with van der Waals surface area (Å²) in [4.78, 5) is 27.7. The second-order valence-electron chi connectivity index (χ2n) is 11.1. The van der Waals surface area contributed by atoms with Crippen LogP contribution in [0.15, 0.2) is 11.6 Å². The number of hydrogen-bond acceptors (Lipinski definition) is 2. The first-order valence-corrected chi connectivity index (χ1v) is 12.2. The van der Waals surface area contributed by atoms with E-state index in [2.05, 4.69) is 30.1 Å². The molecule has 2 heterocycles. The van der Waals surface area contributed by atoms with Crippen molar-refractivity contribution < 1.29 is 9.59 Å². The Balaban J connectivity index is 1.36. The Morgan fingerprint density at radius 3 is 2.55 bits per heavy atom. The van der Waals surface area contributed by atoms with Gasteiger partial charge in [-0.1, -0.05) is 32.8 Å². The summed E-state index contributed by atoms with van der Waals surface area (Å²) in [6, 6.07) is 0.363. The molecule has 0 radical (unpaired) electrons. The van der Waals surface area contributed by atoms with E-state index in [9.17, 15) is 9.59 Å². The van der Waals surface area contributed by atoms with Crippen molar-refractivity contribution in [1.82, 2.24) is 10.2 Å². The Morgan fingerprint density at radius 2 is 1.79 bits per heavy atom. The third-order valence-corrected chi connectivity index (χ3v) is 9.80. The summed E-state index contributed by atoms with van der Waals surface area (Å²) in [5.74, 6) is 2.61. The topological polar surface area (TPSA) is 49.4 Å². The lowest BCUT2D eigenvalue weighted by atomic mass is 9.47. The van der Waals surface area contributed by atoms with E-state index in [-0.39, 0.29) is 16.7 Å². The zero-order valence-corrected chi connectivity index (χ0v) is 18.3. The number of amides is 2. The van der Waals surface area contributed by atoms with Gasteiger partial charge in [-0.05, 0) is 74.5 Å². The number of nitrogens with one attached hydrogen (secondary N) is 1. The summed E-state index contributed by atoms with van der Waals surface area (Å²) < 4.78 is 0. The van der Waals surface area contributed by atoms with Crippen molar-refractivity contribution in [2.45, 2.75) is 90.5 Å². The van der Waals surface area contributed by atoms with Crippen LogP contribution in [0, 0.1) is 28.6 Å². The van der Waals surface area contributed by atoms with Gasteiger partial charge in [-0.25, -0.2) is 0 Å². The van der Waals surface area contributed by atoms with Gasteiger partial charge in [-0.3, -0.25) is 9.59 Å². The highest BCUT2D eigenvalue weighted by molar-refractivity contribution is 5.95. The van der Waals surface area contributed by atoms with Crippen LogP contribution >= 0.6 is 0 Å². The first kappa shape index (κ1) is 19.6. The molecule has 2 amide bonds. The van der Waals surface area contributed by atoms with Crippen LogP contribution in [0.1, 0.15) is 84.5 Å². The highest BCUT2D eigenvalue weighted by atomic mass is 16.2. The normalized spacial score (nSPS) is 44.7. The average Bonchev–Trinajstić information content (AvgIpc) is 2.88. The van der Waals surface area contributed by atoms with Crippen molar-refractivity contribution in [3.63, 3.8) is 0 Å². The Bertz CT molecular complexity index is 722. The van der Waals surface area contributed by atoms with Crippen LogP contribution in [0.3, 0.4) is 0 Å². The predicted octanol–water partition coefficient (Wildman–Crippen LogP) is 4.45. The third kappa shape index (κ3) is 2.99. The molecule has 3 aliphatic carbocycles. The molecule has 5 aliphatic rings. The lowest BCUT2D eigenvalue weighted by molar-refractivity contribution is -0.137. The minimum Gasteiger partial charge on any atom is -0.353 e. The molecule has 0 aromatic rings. The molecule has 0 bridgehead atoms. The van der Waals surface area contributed by atoms with Gasteiger partial charge in [0.2, 0.25) is 11.8 Å². The monoisotopic (exact) mass is 398 g/mol. The van der Waals surface area contributed by atoms with Crippen LogP contribution in [0.25, 0.3) is 0 Å². The van der Waals surface area contributed by atoms with E-state index < -0.39 is 0 Å². The van der Waals surface area contributed by atoms with Crippen molar-refractivity contribution in [2.24, 2.45) is 28.6 Å². The minimum absolute atomic E-state index is 0.0612. The van der Waals surface area contributed by atoms with Gasteiger partial charge in [0, 0.05) is 36.5 Å².